The van der Waals surface area contributed by atoms with E-state index < -0.39 is 24.3 Å². The van der Waals surface area contributed by atoms with Gasteiger partial charge in [-0.15, -0.1) is 0 Å². The van der Waals surface area contributed by atoms with Gasteiger partial charge in [0.1, 0.15) is 0 Å². The number of carboxylic acids is 1. The van der Waals surface area contributed by atoms with Crippen LogP contribution in [-0.4, -0.2) is 54.2 Å². The number of amides is 1. The van der Waals surface area contributed by atoms with E-state index in [1.165, 1.54) is 0 Å². The van der Waals surface area contributed by atoms with Crippen molar-refractivity contribution in [3.05, 3.63) is 0 Å². The van der Waals surface area contributed by atoms with Gasteiger partial charge in [0.25, 0.3) is 0 Å². The number of hydrogen-bond acceptors (Lipinski definition) is 5. The third-order valence-electron chi connectivity index (χ3n) is 3.30. The molecule has 0 radical (unpaired) electrons. The molecule has 3 N–H and O–H groups in total. The number of aliphatic carboxylic acids is 1. The molecule has 1 fully saturated rings. The number of carbonyl (C=O) groups is 2. The summed E-state index contributed by atoms with van der Waals surface area (Å²) in [6.45, 7) is 2.57. The van der Waals surface area contributed by atoms with Crippen molar-refractivity contribution in [3.8, 4) is 0 Å². The Kier molecular flexibility index (Phi) is 6.90. The normalized spacial score (nSPS) is 18.7. The lowest BCUT2D eigenvalue weighted by molar-refractivity contribution is -0.148. The van der Waals surface area contributed by atoms with Crippen LogP contribution in [0.15, 0.2) is 0 Å². The molecule has 7 heteroatoms. The Morgan fingerprint density at radius 2 is 1.95 bits per heavy atom. The maximum atomic E-state index is 11.5. The Morgan fingerprint density at radius 3 is 2.50 bits per heavy atom. The fourth-order valence-corrected chi connectivity index (χ4v) is 1.99. The summed E-state index contributed by atoms with van der Waals surface area (Å²) in [7, 11) is 0. The molecule has 0 aromatic rings. The largest absolute Gasteiger partial charge is 0.481 e. The van der Waals surface area contributed by atoms with Crippen molar-refractivity contribution in [3.63, 3.8) is 0 Å². The van der Waals surface area contributed by atoms with Gasteiger partial charge in [0.05, 0.1) is 25.7 Å². The quantitative estimate of drug-likeness (QED) is 0.521. The molecule has 116 valence electrons. The number of nitrogens with one attached hydrogen (secondary N) is 1. The van der Waals surface area contributed by atoms with Gasteiger partial charge in [-0.1, -0.05) is 0 Å². The van der Waals surface area contributed by atoms with Gasteiger partial charge >= 0.3 is 5.97 Å². The van der Waals surface area contributed by atoms with Gasteiger partial charge in [0.15, 0.2) is 5.79 Å². The van der Waals surface area contributed by atoms with Crippen LogP contribution in [0.25, 0.3) is 0 Å². The number of hydrogen-bond donors (Lipinski definition) is 3. The topological polar surface area (TPSA) is 105 Å². The van der Waals surface area contributed by atoms with Crippen molar-refractivity contribution >= 4 is 11.9 Å². The second kappa shape index (κ2) is 8.18. The first-order chi connectivity index (χ1) is 9.47. The van der Waals surface area contributed by atoms with E-state index in [1.807, 2.05) is 6.92 Å². The van der Waals surface area contributed by atoms with Crippen LogP contribution >= 0.6 is 0 Å². The number of carboxylic acid groups (broad SMARTS) is 1. The van der Waals surface area contributed by atoms with Gasteiger partial charge in [-0.25, -0.2) is 0 Å². The highest BCUT2D eigenvalue weighted by Crippen LogP contribution is 2.24. The summed E-state index contributed by atoms with van der Waals surface area (Å²) in [5.41, 5.74) is 0. The predicted octanol–water partition coefficient (Wildman–Crippen LogP) is 0.119. The van der Waals surface area contributed by atoms with E-state index >= 15 is 0 Å². The van der Waals surface area contributed by atoms with Gasteiger partial charge in [0, 0.05) is 19.4 Å². The molecule has 0 bridgehead atoms. The average molecular weight is 289 g/mol. The fraction of sp³-hybridized carbons (Fsp3) is 0.846. The summed E-state index contributed by atoms with van der Waals surface area (Å²) in [5, 5.41) is 20.0. The van der Waals surface area contributed by atoms with E-state index in [0.717, 1.165) is 12.8 Å². The van der Waals surface area contributed by atoms with E-state index in [1.54, 1.807) is 0 Å². The monoisotopic (exact) mass is 289 g/mol. The van der Waals surface area contributed by atoms with Crippen LogP contribution in [0.3, 0.4) is 0 Å². The minimum absolute atomic E-state index is 0.0470. The fourth-order valence-electron chi connectivity index (χ4n) is 1.99. The first-order valence-electron chi connectivity index (χ1n) is 6.85. The third-order valence-corrected chi connectivity index (χ3v) is 3.30. The molecule has 0 aromatic carbocycles. The molecule has 20 heavy (non-hydrogen) atoms. The molecule has 1 rings (SSSR count). The van der Waals surface area contributed by atoms with Crippen LogP contribution in [0.2, 0.25) is 0 Å². The first kappa shape index (κ1) is 16.9. The van der Waals surface area contributed by atoms with Crippen molar-refractivity contribution in [1.82, 2.24) is 5.32 Å². The molecule has 7 nitrogen and oxygen atoms in total. The van der Waals surface area contributed by atoms with Crippen LogP contribution in [-0.2, 0) is 19.1 Å². The molecular formula is C13H23NO6. The minimum atomic E-state index is -1.11. The van der Waals surface area contributed by atoms with Crippen LogP contribution in [0.1, 0.15) is 32.6 Å². The van der Waals surface area contributed by atoms with Crippen molar-refractivity contribution in [1.29, 1.82) is 0 Å². The van der Waals surface area contributed by atoms with Crippen LogP contribution in [0.5, 0.6) is 0 Å². The standard InChI is InChI=1S/C13H23NO6/c1-13(19-6-7-20-13)5-3-2-4-11(16)14-8-10(9-15)12(17)18/h10,15H,2-9H2,1H3,(H,14,16)(H,17,18). The molecule has 1 amide bonds. The second-order valence-electron chi connectivity index (χ2n) is 5.06. The van der Waals surface area contributed by atoms with Crippen molar-refractivity contribution in [2.45, 2.75) is 38.4 Å². The zero-order valence-corrected chi connectivity index (χ0v) is 11.8. The number of ether oxygens (including phenoxy) is 2. The van der Waals surface area contributed by atoms with Gasteiger partial charge in [-0.05, 0) is 19.8 Å². The van der Waals surface area contributed by atoms with E-state index in [4.69, 9.17) is 19.7 Å². The molecule has 0 spiro atoms. The van der Waals surface area contributed by atoms with Crippen molar-refractivity contribution < 1.29 is 29.3 Å². The van der Waals surface area contributed by atoms with Gasteiger partial charge in [-0.2, -0.15) is 0 Å². The SMILES string of the molecule is CC1(CCCCC(=O)NCC(CO)C(=O)O)OCCO1. The number of rotatable bonds is 9. The molecule has 1 saturated heterocycles. The summed E-state index contributed by atoms with van der Waals surface area (Å²) < 4.78 is 10.9. The number of aliphatic hydroxyl groups excluding tert-OH is 1. The lowest BCUT2D eigenvalue weighted by Gasteiger charge is -2.21. The number of aliphatic hydroxyl groups is 1. The molecule has 0 aromatic heterocycles. The maximum absolute atomic E-state index is 11.5. The van der Waals surface area contributed by atoms with Crippen molar-refractivity contribution in [2.75, 3.05) is 26.4 Å². The van der Waals surface area contributed by atoms with Gasteiger partial charge < -0.3 is 25.0 Å². The van der Waals surface area contributed by atoms with Gasteiger partial charge in [0.2, 0.25) is 5.91 Å². The Balaban J connectivity index is 2.09. The average Bonchev–Trinajstić information content (AvgIpc) is 2.82. The van der Waals surface area contributed by atoms with Crippen LogP contribution in [0.4, 0.5) is 0 Å². The molecule has 1 aliphatic rings. The predicted molar refractivity (Wildman–Crippen MR) is 70.0 cm³/mol. The highest BCUT2D eigenvalue weighted by Gasteiger charge is 2.29. The van der Waals surface area contributed by atoms with Crippen molar-refractivity contribution in [2.24, 2.45) is 5.92 Å². The van der Waals surface area contributed by atoms with Gasteiger partial charge in [-0.3, -0.25) is 9.59 Å². The second-order valence-corrected chi connectivity index (χ2v) is 5.06. The summed E-state index contributed by atoms with van der Waals surface area (Å²) in [6.07, 6.45) is 2.54. The third kappa shape index (κ3) is 5.85. The first-order valence-corrected chi connectivity index (χ1v) is 6.85. The Hall–Kier alpha value is -1.18. The molecule has 1 aliphatic heterocycles. The summed E-state index contributed by atoms with van der Waals surface area (Å²) in [6, 6.07) is 0. The highest BCUT2D eigenvalue weighted by atomic mass is 16.7. The Bertz CT molecular complexity index is 327. The lowest BCUT2D eigenvalue weighted by atomic mass is 10.1. The van der Waals surface area contributed by atoms with E-state index in [0.29, 0.717) is 26.1 Å². The lowest BCUT2D eigenvalue weighted by Crippen LogP contribution is -2.34. The Labute approximate surface area is 118 Å². The molecule has 1 unspecified atom stereocenters. The Morgan fingerprint density at radius 1 is 1.30 bits per heavy atom. The molecule has 0 aliphatic carbocycles. The maximum Gasteiger partial charge on any atom is 0.310 e. The molecule has 1 heterocycles. The molecule has 1 atom stereocenters. The summed E-state index contributed by atoms with van der Waals surface area (Å²) in [4.78, 5) is 22.2. The summed E-state index contributed by atoms with van der Waals surface area (Å²) in [5.74, 6) is -2.79. The molecule has 0 saturated carbocycles. The van der Waals surface area contributed by atoms with E-state index in [9.17, 15) is 9.59 Å². The zero-order chi connectivity index (χ0) is 15.0. The van der Waals surface area contributed by atoms with Crippen LogP contribution in [0, 0.1) is 5.92 Å². The van der Waals surface area contributed by atoms with Crippen LogP contribution < -0.4 is 5.32 Å². The highest BCUT2D eigenvalue weighted by molar-refractivity contribution is 5.77. The van der Waals surface area contributed by atoms with E-state index in [-0.39, 0.29) is 12.5 Å². The van der Waals surface area contributed by atoms with E-state index in [2.05, 4.69) is 5.32 Å². The minimum Gasteiger partial charge on any atom is -0.481 e. The smallest absolute Gasteiger partial charge is 0.310 e. The zero-order valence-electron chi connectivity index (χ0n) is 11.8. The number of unbranched alkanes of at least 4 members (excludes halogenated alkanes) is 1. The number of carbonyl (C=O) groups excluding carboxylic acids is 1. The molecular weight excluding hydrogens is 266 g/mol. The summed E-state index contributed by atoms with van der Waals surface area (Å²) >= 11 is 0.